The molecule has 2 N–H and O–H groups in total. The average Bonchev–Trinajstić information content (AvgIpc) is 2.18. The molecular weight excluding hydrogens is 214 g/mol. The fourth-order valence-corrected chi connectivity index (χ4v) is 2.17. The van der Waals surface area contributed by atoms with Gasteiger partial charge in [0, 0.05) is 22.9 Å². The summed E-state index contributed by atoms with van der Waals surface area (Å²) in [7, 11) is 0. The van der Waals surface area contributed by atoms with Gasteiger partial charge in [0.15, 0.2) is 5.69 Å². The first kappa shape index (κ1) is 12.0. The predicted octanol–water partition coefficient (Wildman–Crippen LogP) is 1.64. The first-order chi connectivity index (χ1) is 7.15. The van der Waals surface area contributed by atoms with Crippen LogP contribution in [0.3, 0.4) is 0 Å². The summed E-state index contributed by atoms with van der Waals surface area (Å²) < 4.78 is 0. The van der Waals surface area contributed by atoms with E-state index in [1.807, 2.05) is 6.92 Å². The van der Waals surface area contributed by atoms with Crippen molar-refractivity contribution in [2.75, 3.05) is 6.61 Å². The zero-order valence-corrected chi connectivity index (χ0v) is 9.20. The van der Waals surface area contributed by atoms with Crippen molar-refractivity contribution < 1.29 is 15.0 Å². The third kappa shape index (κ3) is 3.53. The van der Waals surface area contributed by atoms with Crippen LogP contribution in [0.25, 0.3) is 0 Å². The molecule has 0 bridgehead atoms. The lowest BCUT2D eigenvalue weighted by molar-refractivity contribution is 0.0686. The van der Waals surface area contributed by atoms with E-state index in [1.54, 1.807) is 12.1 Å². The maximum absolute atomic E-state index is 10.8. The molecule has 1 unspecified atom stereocenters. The fraction of sp³-hybridized carbons (Fsp3) is 0.400. The van der Waals surface area contributed by atoms with E-state index in [0.29, 0.717) is 11.3 Å². The molecule has 1 atom stereocenters. The van der Waals surface area contributed by atoms with E-state index in [2.05, 4.69) is 4.98 Å². The second-order valence-electron chi connectivity index (χ2n) is 3.10. The molecular formula is C10H13NO3S. The highest BCUT2D eigenvalue weighted by atomic mass is 32.2. The maximum Gasteiger partial charge on any atom is 0.355 e. The first-order valence-electron chi connectivity index (χ1n) is 4.61. The number of hydrogen-bond donors (Lipinski definition) is 2. The molecule has 5 heteroatoms. The maximum atomic E-state index is 10.8. The van der Waals surface area contributed by atoms with Crippen LogP contribution in [0.4, 0.5) is 0 Å². The first-order valence-corrected chi connectivity index (χ1v) is 5.49. The Morgan fingerprint density at radius 2 is 2.40 bits per heavy atom. The monoisotopic (exact) mass is 227 g/mol. The van der Waals surface area contributed by atoms with Gasteiger partial charge in [0.25, 0.3) is 0 Å². The van der Waals surface area contributed by atoms with Crippen molar-refractivity contribution in [2.24, 2.45) is 0 Å². The molecule has 0 spiro atoms. The van der Waals surface area contributed by atoms with Crippen LogP contribution in [0, 0.1) is 0 Å². The van der Waals surface area contributed by atoms with Crippen molar-refractivity contribution in [3.8, 4) is 0 Å². The van der Waals surface area contributed by atoms with Gasteiger partial charge < -0.3 is 10.2 Å². The number of rotatable bonds is 5. The van der Waals surface area contributed by atoms with Gasteiger partial charge in [0.05, 0.1) is 0 Å². The normalized spacial score (nSPS) is 12.4. The van der Waals surface area contributed by atoms with Gasteiger partial charge in [0.1, 0.15) is 0 Å². The number of nitrogens with zero attached hydrogens (tertiary/aromatic N) is 1. The molecule has 0 aliphatic rings. The number of hydrogen-bond acceptors (Lipinski definition) is 4. The van der Waals surface area contributed by atoms with Crippen LogP contribution < -0.4 is 0 Å². The lowest BCUT2D eigenvalue weighted by atomic mass is 10.3. The van der Waals surface area contributed by atoms with Gasteiger partial charge >= 0.3 is 5.97 Å². The van der Waals surface area contributed by atoms with Crippen LogP contribution in [-0.4, -0.2) is 33.0 Å². The Kier molecular flexibility index (Phi) is 4.58. The highest BCUT2D eigenvalue weighted by Gasteiger charge is 2.13. The fourth-order valence-electron chi connectivity index (χ4n) is 1.10. The molecule has 0 saturated heterocycles. The van der Waals surface area contributed by atoms with Crippen LogP contribution in [-0.2, 0) is 0 Å². The van der Waals surface area contributed by atoms with Crippen LogP contribution in [0.15, 0.2) is 23.2 Å². The van der Waals surface area contributed by atoms with E-state index in [4.69, 9.17) is 10.2 Å². The Labute approximate surface area is 92.3 Å². The molecule has 0 aliphatic heterocycles. The van der Waals surface area contributed by atoms with Gasteiger partial charge in [-0.3, -0.25) is 0 Å². The molecule has 0 aliphatic carbocycles. The number of thioether (sulfide) groups is 1. The summed E-state index contributed by atoms with van der Waals surface area (Å²) in [6.07, 6.45) is 2.10. The standard InChI is InChI=1S/C10H13NO3S/c1-7(4-6-12)15-8-3-2-5-11-9(8)10(13)14/h2-3,5,7,12H,4,6H2,1H3,(H,13,14). The molecule has 0 aromatic carbocycles. The summed E-state index contributed by atoms with van der Waals surface area (Å²) in [5.41, 5.74) is 0.0762. The molecule has 0 fully saturated rings. The lowest BCUT2D eigenvalue weighted by Gasteiger charge is -2.10. The summed E-state index contributed by atoms with van der Waals surface area (Å²) in [6.45, 7) is 2.05. The third-order valence-corrected chi connectivity index (χ3v) is 3.06. The van der Waals surface area contributed by atoms with Crippen LogP contribution in [0.5, 0.6) is 0 Å². The van der Waals surface area contributed by atoms with E-state index in [9.17, 15) is 4.79 Å². The van der Waals surface area contributed by atoms with Crippen molar-refractivity contribution in [1.29, 1.82) is 0 Å². The summed E-state index contributed by atoms with van der Waals surface area (Å²) in [5, 5.41) is 17.8. The number of aromatic nitrogens is 1. The number of carbonyl (C=O) groups is 1. The van der Waals surface area contributed by atoms with E-state index in [1.165, 1.54) is 18.0 Å². The molecule has 0 saturated carbocycles. The third-order valence-electron chi connectivity index (χ3n) is 1.84. The van der Waals surface area contributed by atoms with Gasteiger partial charge in [-0.25, -0.2) is 9.78 Å². The number of aromatic carboxylic acids is 1. The van der Waals surface area contributed by atoms with Gasteiger partial charge in [-0.05, 0) is 18.6 Å². The lowest BCUT2D eigenvalue weighted by Crippen LogP contribution is -2.05. The van der Waals surface area contributed by atoms with Crippen LogP contribution in [0.2, 0.25) is 0 Å². The number of aliphatic hydroxyl groups excluding tert-OH is 1. The SMILES string of the molecule is CC(CCO)Sc1cccnc1C(=O)O. The molecule has 1 aromatic rings. The number of aliphatic hydroxyl groups is 1. The highest BCUT2D eigenvalue weighted by Crippen LogP contribution is 2.26. The second kappa shape index (κ2) is 5.72. The smallest absolute Gasteiger partial charge is 0.355 e. The predicted molar refractivity (Wildman–Crippen MR) is 58.2 cm³/mol. The van der Waals surface area contributed by atoms with Crippen LogP contribution >= 0.6 is 11.8 Å². The van der Waals surface area contributed by atoms with Crippen molar-refractivity contribution in [3.05, 3.63) is 24.0 Å². The summed E-state index contributed by atoms with van der Waals surface area (Å²) >= 11 is 1.42. The Morgan fingerprint density at radius 3 is 3.00 bits per heavy atom. The van der Waals surface area contributed by atoms with Gasteiger partial charge in [0.2, 0.25) is 0 Å². The number of carboxylic acid groups (broad SMARTS) is 1. The molecule has 0 radical (unpaired) electrons. The highest BCUT2D eigenvalue weighted by molar-refractivity contribution is 8.00. The molecule has 1 aromatic heterocycles. The van der Waals surface area contributed by atoms with Gasteiger partial charge in [-0.2, -0.15) is 0 Å². The van der Waals surface area contributed by atoms with E-state index in [0.717, 1.165) is 0 Å². The van der Waals surface area contributed by atoms with E-state index < -0.39 is 5.97 Å². The number of pyridine rings is 1. The Bertz CT molecular complexity index is 343. The largest absolute Gasteiger partial charge is 0.476 e. The topological polar surface area (TPSA) is 70.4 Å². The zero-order chi connectivity index (χ0) is 11.3. The number of carboxylic acids is 1. The molecule has 15 heavy (non-hydrogen) atoms. The molecule has 1 heterocycles. The minimum atomic E-state index is -1.02. The molecule has 0 amide bonds. The van der Waals surface area contributed by atoms with Crippen molar-refractivity contribution in [3.63, 3.8) is 0 Å². The van der Waals surface area contributed by atoms with Crippen LogP contribution in [0.1, 0.15) is 23.8 Å². The molecule has 4 nitrogen and oxygen atoms in total. The Hall–Kier alpha value is -1.07. The summed E-state index contributed by atoms with van der Waals surface area (Å²) in [6, 6.07) is 3.44. The minimum Gasteiger partial charge on any atom is -0.476 e. The summed E-state index contributed by atoms with van der Waals surface area (Å²) in [5.74, 6) is -1.02. The van der Waals surface area contributed by atoms with Crippen molar-refractivity contribution >= 4 is 17.7 Å². The Balaban J connectivity index is 2.79. The zero-order valence-electron chi connectivity index (χ0n) is 8.38. The van der Waals surface area contributed by atoms with Gasteiger partial charge in [-0.1, -0.05) is 6.92 Å². The average molecular weight is 227 g/mol. The quantitative estimate of drug-likeness (QED) is 0.748. The van der Waals surface area contributed by atoms with Gasteiger partial charge in [-0.15, -0.1) is 11.8 Å². The minimum absolute atomic E-state index is 0.0762. The Morgan fingerprint density at radius 1 is 1.67 bits per heavy atom. The summed E-state index contributed by atoms with van der Waals surface area (Å²) in [4.78, 5) is 15.3. The second-order valence-corrected chi connectivity index (χ2v) is 4.58. The van der Waals surface area contributed by atoms with E-state index in [-0.39, 0.29) is 17.6 Å². The molecule has 82 valence electrons. The molecule has 1 rings (SSSR count). The van der Waals surface area contributed by atoms with Crippen molar-refractivity contribution in [2.45, 2.75) is 23.5 Å². The van der Waals surface area contributed by atoms with E-state index >= 15 is 0 Å². The van der Waals surface area contributed by atoms with Crippen molar-refractivity contribution in [1.82, 2.24) is 4.98 Å².